The fraction of sp³-hybridized carbons (Fsp3) is 0.571. The van der Waals surface area contributed by atoms with E-state index in [0.29, 0.717) is 0 Å². The molecular formula is C14H21N3O2. The van der Waals surface area contributed by atoms with E-state index in [1.54, 1.807) is 12.1 Å². The molecule has 104 valence electrons. The van der Waals surface area contributed by atoms with Crippen LogP contribution in [0, 0.1) is 10.1 Å². The molecule has 1 aromatic carbocycles. The monoisotopic (exact) mass is 263 g/mol. The van der Waals surface area contributed by atoms with E-state index in [0.717, 1.165) is 44.8 Å². The van der Waals surface area contributed by atoms with Crippen molar-refractivity contribution in [2.75, 3.05) is 26.2 Å². The maximum absolute atomic E-state index is 10.8. The Balaban J connectivity index is 1.94. The molecule has 1 aliphatic rings. The molecule has 1 heterocycles. The van der Waals surface area contributed by atoms with Gasteiger partial charge in [0.2, 0.25) is 0 Å². The van der Waals surface area contributed by atoms with E-state index in [4.69, 9.17) is 0 Å². The van der Waals surface area contributed by atoms with E-state index >= 15 is 0 Å². The van der Waals surface area contributed by atoms with Gasteiger partial charge in [-0.1, -0.05) is 19.9 Å². The van der Waals surface area contributed by atoms with Crippen LogP contribution >= 0.6 is 0 Å². The van der Waals surface area contributed by atoms with Crippen molar-refractivity contribution >= 4 is 5.69 Å². The van der Waals surface area contributed by atoms with Crippen LogP contribution in [-0.2, 0) is 13.1 Å². The lowest BCUT2D eigenvalue weighted by Gasteiger charge is -2.22. The first-order chi connectivity index (χ1) is 9.13. The highest BCUT2D eigenvalue weighted by Crippen LogP contribution is 2.26. The zero-order chi connectivity index (χ0) is 13.8. The van der Waals surface area contributed by atoms with E-state index in [-0.39, 0.29) is 10.6 Å². The van der Waals surface area contributed by atoms with Crippen LogP contribution in [0.2, 0.25) is 0 Å². The molecule has 0 fully saturated rings. The summed E-state index contributed by atoms with van der Waals surface area (Å²) in [7, 11) is 0. The largest absolute Gasteiger partial charge is 0.303 e. The summed E-state index contributed by atoms with van der Waals surface area (Å²) in [5.41, 5.74) is 2.53. The highest BCUT2D eigenvalue weighted by atomic mass is 16.6. The molecule has 5 nitrogen and oxygen atoms in total. The fourth-order valence-corrected chi connectivity index (χ4v) is 2.55. The molecule has 5 heteroatoms. The number of non-ortho nitro benzene ring substituents is 1. The van der Waals surface area contributed by atoms with E-state index in [9.17, 15) is 10.1 Å². The zero-order valence-corrected chi connectivity index (χ0v) is 11.6. The Morgan fingerprint density at radius 1 is 1.26 bits per heavy atom. The molecular weight excluding hydrogens is 242 g/mol. The van der Waals surface area contributed by atoms with Crippen LogP contribution < -0.4 is 0 Å². The highest BCUT2D eigenvalue weighted by molar-refractivity contribution is 5.41. The lowest BCUT2D eigenvalue weighted by atomic mass is 10.1. The lowest BCUT2D eigenvalue weighted by Crippen LogP contribution is -2.32. The Morgan fingerprint density at radius 2 is 1.95 bits per heavy atom. The van der Waals surface area contributed by atoms with Crippen molar-refractivity contribution in [1.82, 2.24) is 9.80 Å². The molecule has 0 saturated heterocycles. The lowest BCUT2D eigenvalue weighted by molar-refractivity contribution is -0.384. The maximum atomic E-state index is 10.8. The molecule has 2 rings (SSSR count). The van der Waals surface area contributed by atoms with Crippen molar-refractivity contribution in [3.8, 4) is 0 Å². The summed E-state index contributed by atoms with van der Waals surface area (Å²) in [4.78, 5) is 15.2. The number of fused-ring (bicyclic) bond motifs is 1. The van der Waals surface area contributed by atoms with Gasteiger partial charge in [-0.05, 0) is 24.2 Å². The number of hydrogen-bond donors (Lipinski definition) is 0. The van der Waals surface area contributed by atoms with Crippen molar-refractivity contribution in [2.24, 2.45) is 0 Å². The average molecular weight is 263 g/mol. The quantitative estimate of drug-likeness (QED) is 0.583. The van der Waals surface area contributed by atoms with Gasteiger partial charge in [-0.15, -0.1) is 0 Å². The first-order valence-corrected chi connectivity index (χ1v) is 6.85. The number of benzene rings is 1. The third-order valence-corrected chi connectivity index (χ3v) is 3.82. The van der Waals surface area contributed by atoms with E-state index < -0.39 is 0 Å². The van der Waals surface area contributed by atoms with Crippen LogP contribution in [0.25, 0.3) is 0 Å². The SMILES string of the molecule is CCN(CC)CCN1Cc2ccc([N+](=O)[O-])cc2C1. The van der Waals surface area contributed by atoms with Crippen LogP contribution in [-0.4, -0.2) is 40.9 Å². The number of nitrogens with zero attached hydrogens (tertiary/aromatic N) is 3. The van der Waals surface area contributed by atoms with E-state index in [1.807, 2.05) is 6.07 Å². The van der Waals surface area contributed by atoms with E-state index in [2.05, 4.69) is 23.6 Å². The Labute approximate surface area is 114 Å². The van der Waals surface area contributed by atoms with Gasteiger partial charge in [0.05, 0.1) is 4.92 Å². The summed E-state index contributed by atoms with van der Waals surface area (Å²) in [6, 6.07) is 5.21. The van der Waals surface area contributed by atoms with Crippen molar-refractivity contribution in [1.29, 1.82) is 0 Å². The minimum Gasteiger partial charge on any atom is -0.303 e. The Morgan fingerprint density at radius 3 is 2.58 bits per heavy atom. The number of nitro groups is 1. The van der Waals surface area contributed by atoms with Crippen molar-refractivity contribution in [3.05, 3.63) is 39.4 Å². The van der Waals surface area contributed by atoms with E-state index in [1.165, 1.54) is 5.56 Å². The van der Waals surface area contributed by atoms with Gasteiger partial charge in [0, 0.05) is 38.3 Å². The topological polar surface area (TPSA) is 49.6 Å². The second-order valence-electron chi connectivity index (χ2n) is 4.95. The number of rotatable bonds is 6. The van der Waals surface area contributed by atoms with Gasteiger partial charge in [0.15, 0.2) is 0 Å². The molecule has 0 bridgehead atoms. The molecule has 0 radical (unpaired) electrons. The summed E-state index contributed by atoms with van der Waals surface area (Å²) in [5.74, 6) is 0. The van der Waals surface area contributed by atoms with Crippen LogP contribution in [0.15, 0.2) is 18.2 Å². The second-order valence-corrected chi connectivity index (χ2v) is 4.95. The molecule has 0 aromatic heterocycles. The molecule has 19 heavy (non-hydrogen) atoms. The summed E-state index contributed by atoms with van der Waals surface area (Å²) in [5, 5.41) is 10.8. The molecule has 1 aromatic rings. The molecule has 1 aliphatic heterocycles. The fourth-order valence-electron chi connectivity index (χ4n) is 2.55. The molecule has 0 N–H and O–H groups in total. The Bertz CT molecular complexity index is 458. The average Bonchev–Trinajstić information content (AvgIpc) is 2.81. The second kappa shape index (κ2) is 6.12. The molecule has 0 saturated carbocycles. The predicted molar refractivity (Wildman–Crippen MR) is 75.0 cm³/mol. The van der Waals surface area contributed by atoms with Crippen molar-refractivity contribution in [2.45, 2.75) is 26.9 Å². The molecule has 0 unspecified atom stereocenters. The van der Waals surface area contributed by atoms with Gasteiger partial charge in [-0.25, -0.2) is 0 Å². The minimum absolute atomic E-state index is 0.198. The van der Waals surface area contributed by atoms with Gasteiger partial charge < -0.3 is 4.90 Å². The molecule has 0 amide bonds. The number of nitro benzene ring substituents is 1. The first kappa shape index (κ1) is 14.0. The summed E-state index contributed by atoms with van der Waals surface area (Å²) in [6.45, 7) is 10.3. The summed E-state index contributed by atoms with van der Waals surface area (Å²) in [6.07, 6.45) is 0. The third kappa shape index (κ3) is 3.30. The van der Waals surface area contributed by atoms with Crippen LogP contribution in [0.4, 0.5) is 5.69 Å². The highest BCUT2D eigenvalue weighted by Gasteiger charge is 2.21. The van der Waals surface area contributed by atoms with Crippen molar-refractivity contribution < 1.29 is 4.92 Å². The predicted octanol–water partition coefficient (Wildman–Crippen LogP) is 2.25. The third-order valence-electron chi connectivity index (χ3n) is 3.82. The zero-order valence-electron chi connectivity index (χ0n) is 11.6. The normalized spacial score (nSPS) is 14.9. The smallest absolute Gasteiger partial charge is 0.269 e. The number of likely N-dealkylation sites (N-methyl/N-ethyl adjacent to an activating group) is 1. The van der Waals surface area contributed by atoms with Gasteiger partial charge in [-0.3, -0.25) is 15.0 Å². The van der Waals surface area contributed by atoms with Gasteiger partial charge in [-0.2, -0.15) is 0 Å². The Kier molecular flexibility index (Phi) is 4.50. The van der Waals surface area contributed by atoms with Gasteiger partial charge in [0.1, 0.15) is 0 Å². The summed E-state index contributed by atoms with van der Waals surface area (Å²) >= 11 is 0. The Hall–Kier alpha value is -1.46. The van der Waals surface area contributed by atoms with Gasteiger partial charge >= 0.3 is 0 Å². The first-order valence-electron chi connectivity index (χ1n) is 6.85. The maximum Gasteiger partial charge on any atom is 0.269 e. The standard InChI is InChI=1S/C14H21N3O2/c1-3-15(4-2)7-8-16-10-12-5-6-14(17(18)19)9-13(12)11-16/h5-6,9H,3-4,7-8,10-11H2,1-2H3. The minimum atomic E-state index is -0.321. The van der Waals surface area contributed by atoms with Crippen LogP contribution in [0.1, 0.15) is 25.0 Å². The van der Waals surface area contributed by atoms with Crippen LogP contribution in [0.3, 0.4) is 0 Å². The number of hydrogen-bond acceptors (Lipinski definition) is 4. The molecule has 0 atom stereocenters. The van der Waals surface area contributed by atoms with Crippen LogP contribution in [0.5, 0.6) is 0 Å². The van der Waals surface area contributed by atoms with Crippen molar-refractivity contribution in [3.63, 3.8) is 0 Å². The molecule has 0 spiro atoms. The van der Waals surface area contributed by atoms with Gasteiger partial charge in [0.25, 0.3) is 5.69 Å². The molecule has 0 aliphatic carbocycles. The summed E-state index contributed by atoms with van der Waals surface area (Å²) < 4.78 is 0.